The molecule has 0 N–H and O–H groups in total. The largest absolute Gasteiger partial charge is 0.462 e. The highest BCUT2D eigenvalue weighted by molar-refractivity contribution is 5.71. The minimum Gasteiger partial charge on any atom is -0.462 e. The number of unbranched alkanes of at least 4 members (excludes halogenated alkanes) is 25. The van der Waals surface area contributed by atoms with Crippen LogP contribution in [0.15, 0.2) is 12.2 Å². The van der Waals surface area contributed by atoms with E-state index in [0.717, 1.165) is 44.9 Å². The molecule has 0 bridgehead atoms. The van der Waals surface area contributed by atoms with Crippen molar-refractivity contribution in [1.29, 1.82) is 0 Å². The quantitative estimate of drug-likeness (QED) is 0.0277. The van der Waals surface area contributed by atoms with Crippen LogP contribution in [0.5, 0.6) is 0 Å². The van der Waals surface area contributed by atoms with Crippen molar-refractivity contribution in [3.63, 3.8) is 0 Å². The number of hydrogen-bond donors (Lipinski definition) is 0. The Bertz CT molecular complexity index is 763. The number of hydrogen-bond acceptors (Lipinski definition) is 6. The van der Waals surface area contributed by atoms with Crippen molar-refractivity contribution in [2.45, 2.75) is 232 Å². The summed E-state index contributed by atoms with van der Waals surface area (Å²) in [7, 11) is 0. The predicted molar refractivity (Wildman–Crippen MR) is 206 cm³/mol. The normalized spacial score (nSPS) is 12.0. The SMILES string of the molecule is CCCCCCCC/C=C\CCCCCCCC(=O)OC[C@@H](COC(=O)CCC)OC(=O)CCCCCCCCCCCCCCCCC. The van der Waals surface area contributed by atoms with Crippen molar-refractivity contribution >= 4 is 17.9 Å². The van der Waals surface area contributed by atoms with Crippen LogP contribution in [0.3, 0.4) is 0 Å². The lowest BCUT2D eigenvalue weighted by molar-refractivity contribution is -0.167. The second-order valence-corrected chi connectivity index (χ2v) is 14.3. The van der Waals surface area contributed by atoms with E-state index < -0.39 is 6.10 Å². The zero-order valence-electron chi connectivity index (χ0n) is 32.7. The van der Waals surface area contributed by atoms with Gasteiger partial charge in [0.15, 0.2) is 6.10 Å². The minimum absolute atomic E-state index is 0.0755. The van der Waals surface area contributed by atoms with Crippen LogP contribution in [0.4, 0.5) is 0 Å². The molecule has 0 aliphatic heterocycles. The molecule has 0 saturated carbocycles. The molecule has 0 aromatic carbocycles. The summed E-state index contributed by atoms with van der Waals surface area (Å²) in [5.41, 5.74) is 0. The summed E-state index contributed by atoms with van der Waals surface area (Å²) in [5, 5.41) is 0. The first kappa shape index (κ1) is 47.1. The molecule has 0 unspecified atom stereocenters. The highest BCUT2D eigenvalue weighted by Gasteiger charge is 2.19. The molecule has 0 fully saturated rings. The summed E-state index contributed by atoms with van der Waals surface area (Å²) in [4.78, 5) is 36.8. The van der Waals surface area contributed by atoms with E-state index in [1.165, 1.54) is 135 Å². The van der Waals surface area contributed by atoms with E-state index in [1.54, 1.807) is 0 Å². The van der Waals surface area contributed by atoms with Gasteiger partial charge in [-0.25, -0.2) is 0 Å². The molecule has 0 aromatic rings. The van der Waals surface area contributed by atoms with Crippen LogP contribution in [0.1, 0.15) is 226 Å². The monoisotopic (exact) mass is 693 g/mol. The number of esters is 3. The molecular formula is C43H80O6. The van der Waals surface area contributed by atoms with Crippen LogP contribution >= 0.6 is 0 Å². The van der Waals surface area contributed by atoms with Crippen LogP contribution < -0.4 is 0 Å². The molecule has 1 atom stereocenters. The molecule has 0 saturated heterocycles. The van der Waals surface area contributed by atoms with Crippen molar-refractivity contribution in [2.75, 3.05) is 13.2 Å². The van der Waals surface area contributed by atoms with Gasteiger partial charge in [-0.1, -0.05) is 174 Å². The Morgan fingerprint density at radius 3 is 1.10 bits per heavy atom. The Kier molecular flexibility index (Phi) is 37.5. The van der Waals surface area contributed by atoms with Gasteiger partial charge >= 0.3 is 17.9 Å². The molecule has 0 heterocycles. The van der Waals surface area contributed by atoms with Crippen molar-refractivity contribution in [2.24, 2.45) is 0 Å². The molecule has 0 spiro atoms. The Balaban J connectivity index is 3.98. The van der Waals surface area contributed by atoms with E-state index in [1.807, 2.05) is 6.92 Å². The van der Waals surface area contributed by atoms with E-state index in [2.05, 4.69) is 26.0 Å². The number of ether oxygens (including phenoxy) is 3. The average molecular weight is 693 g/mol. The van der Waals surface area contributed by atoms with Crippen LogP contribution in [0, 0.1) is 0 Å². The summed E-state index contributed by atoms with van der Waals surface area (Å²) in [5.74, 6) is -0.939. The summed E-state index contributed by atoms with van der Waals surface area (Å²) in [6.07, 6.45) is 40.4. The van der Waals surface area contributed by atoms with Gasteiger partial charge in [-0.2, -0.15) is 0 Å². The van der Waals surface area contributed by atoms with E-state index in [4.69, 9.17) is 14.2 Å². The van der Waals surface area contributed by atoms with Gasteiger partial charge < -0.3 is 14.2 Å². The average Bonchev–Trinajstić information content (AvgIpc) is 3.09. The van der Waals surface area contributed by atoms with Gasteiger partial charge in [0.25, 0.3) is 0 Å². The fraction of sp³-hybridized carbons (Fsp3) is 0.884. The van der Waals surface area contributed by atoms with E-state index >= 15 is 0 Å². The predicted octanol–water partition coefficient (Wildman–Crippen LogP) is 13.1. The van der Waals surface area contributed by atoms with Crippen molar-refractivity contribution in [3.05, 3.63) is 12.2 Å². The Morgan fingerprint density at radius 1 is 0.388 bits per heavy atom. The van der Waals surface area contributed by atoms with Gasteiger partial charge in [-0.15, -0.1) is 0 Å². The van der Waals surface area contributed by atoms with Gasteiger partial charge in [0, 0.05) is 19.3 Å². The fourth-order valence-corrected chi connectivity index (χ4v) is 6.06. The summed E-state index contributed by atoms with van der Waals surface area (Å²) in [6.45, 7) is 6.28. The molecule has 0 aromatic heterocycles. The first-order chi connectivity index (χ1) is 24.0. The second kappa shape index (κ2) is 38.9. The van der Waals surface area contributed by atoms with Crippen molar-refractivity contribution in [3.8, 4) is 0 Å². The molecule has 6 nitrogen and oxygen atoms in total. The smallest absolute Gasteiger partial charge is 0.306 e. The van der Waals surface area contributed by atoms with Gasteiger partial charge in [0.05, 0.1) is 0 Å². The van der Waals surface area contributed by atoms with Gasteiger partial charge in [0.2, 0.25) is 0 Å². The molecule has 49 heavy (non-hydrogen) atoms. The Labute approximate surface area is 303 Å². The minimum atomic E-state index is -0.761. The highest BCUT2D eigenvalue weighted by Crippen LogP contribution is 2.15. The standard InChI is InChI=1S/C43H80O6/c1-4-7-9-11-13-15-17-19-21-23-25-27-29-31-33-36-42(45)48-39-40(38-47-41(44)35-6-3)49-43(46)37-34-32-30-28-26-24-22-20-18-16-14-12-10-8-5-2/h19,21,40H,4-18,20,22-39H2,1-3H3/b21-19-/t40-/m1/s1. The molecule has 288 valence electrons. The lowest BCUT2D eigenvalue weighted by Crippen LogP contribution is -2.30. The molecule has 0 rings (SSSR count). The maximum atomic E-state index is 12.5. The first-order valence-electron chi connectivity index (χ1n) is 21.2. The number of carbonyl (C=O) groups is 3. The van der Waals surface area contributed by atoms with E-state index in [9.17, 15) is 14.4 Å². The van der Waals surface area contributed by atoms with Crippen LogP contribution in [-0.2, 0) is 28.6 Å². The van der Waals surface area contributed by atoms with Crippen LogP contribution in [0.25, 0.3) is 0 Å². The third-order valence-corrected chi connectivity index (χ3v) is 9.24. The number of carbonyl (C=O) groups excluding carboxylic acids is 3. The van der Waals surface area contributed by atoms with Gasteiger partial charge in [-0.3, -0.25) is 14.4 Å². The molecule has 0 aliphatic carbocycles. The Hall–Kier alpha value is -1.85. The zero-order valence-corrected chi connectivity index (χ0v) is 32.7. The lowest BCUT2D eigenvalue weighted by atomic mass is 10.0. The summed E-state index contributed by atoms with van der Waals surface area (Å²) >= 11 is 0. The van der Waals surface area contributed by atoms with E-state index in [0.29, 0.717) is 25.7 Å². The maximum Gasteiger partial charge on any atom is 0.306 e. The topological polar surface area (TPSA) is 78.9 Å². The van der Waals surface area contributed by atoms with Gasteiger partial charge in [-0.05, 0) is 44.9 Å². The third kappa shape index (κ3) is 37.2. The van der Waals surface area contributed by atoms with Crippen LogP contribution in [-0.4, -0.2) is 37.2 Å². The fourth-order valence-electron chi connectivity index (χ4n) is 6.06. The molecule has 0 amide bonds. The summed E-state index contributed by atoms with van der Waals surface area (Å²) in [6, 6.07) is 0. The summed E-state index contributed by atoms with van der Waals surface area (Å²) < 4.78 is 16.3. The maximum absolute atomic E-state index is 12.5. The van der Waals surface area contributed by atoms with Crippen molar-refractivity contribution < 1.29 is 28.6 Å². The molecule has 0 radical (unpaired) electrons. The second-order valence-electron chi connectivity index (χ2n) is 14.3. The Morgan fingerprint density at radius 2 is 0.714 bits per heavy atom. The van der Waals surface area contributed by atoms with Crippen molar-refractivity contribution in [1.82, 2.24) is 0 Å². The first-order valence-corrected chi connectivity index (χ1v) is 21.2. The van der Waals surface area contributed by atoms with E-state index in [-0.39, 0.29) is 31.1 Å². The zero-order chi connectivity index (χ0) is 35.9. The molecule has 6 heteroatoms. The highest BCUT2D eigenvalue weighted by atomic mass is 16.6. The lowest BCUT2D eigenvalue weighted by Gasteiger charge is -2.18. The number of rotatable bonds is 38. The number of allylic oxidation sites excluding steroid dienone is 2. The molecular weight excluding hydrogens is 612 g/mol. The molecule has 0 aliphatic rings. The van der Waals surface area contributed by atoms with Crippen LogP contribution in [0.2, 0.25) is 0 Å². The third-order valence-electron chi connectivity index (χ3n) is 9.24. The van der Waals surface area contributed by atoms with Gasteiger partial charge in [0.1, 0.15) is 13.2 Å².